The highest BCUT2D eigenvalue weighted by Crippen LogP contribution is 2.31. The van der Waals surface area contributed by atoms with Crippen molar-refractivity contribution in [1.29, 1.82) is 0 Å². The molecule has 2 aromatic rings. The Bertz CT molecular complexity index is 573. The Kier molecular flexibility index (Phi) is 4.32. The number of benzene rings is 1. The van der Waals surface area contributed by atoms with Gasteiger partial charge in [-0.1, -0.05) is 38.1 Å². The van der Waals surface area contributed by atoms with Gasteiger partial charge in [-0.05, 0) is 35.9 Å². The Morgan fingerprint density at radius 1 is 1.14 bits per heavy atom. The van der Waals surface area contributed by atoms with E-state index in [9.17, 15) is 0 Å². The predicted octanol–water partition coefficient (Wildman–Crippen LogP) is 4.42. The summed E-state index contributed by atoms with van der Waals surface area (Å²) in [4.78, 5) is 4.00. The molecule has 112 valence electrons. The first-order valence-corrected chi connectivity index (χ1v) is 8.74. The molecule has 0 saturated carbocycles. The highest BCUT2D eigenvalue weighted by Gasteiger charge is 2.32. The van der Waals surface area contributed by atoms with Crippen LogP contribution in [0.5, 0.6) is 0 Å². The van der Waals surface area contributed by atoms with Crippen LogP contribution in [0.25, 0.3) is 0 Å². The maximum Gasteiger partial charge on any atom is 0.0523 e. The van der Waals surface area contributed by atoms with Gasteiger partial charge in [-0.2, -0.15) is 0 Å². The largest absolute Gasteiger partial charge is 0.364 e. The Hall–Kier alpha value is -1.32. The Morgan fingerprint density at radius 3 is 2.67 bits per heavy atom. The minimum Gasteiger partial charge on any atom is -0.364 e. The molecule has 0 fully saturated rings. The summed E-state index contributed by atoms with van der Waals surface area (Å²) < 4.78 is 0. The van der Waals surface area contributed by atoms with Crippen LogP contribution in [0.2, 0.25) is 0 Å². The predicted molar refractivity (Wildman–Crippen MR) is 92.0 cm³/mol. The molecule has 21 heavy (non-hydrogen) atoms. The second-order valence-electron chi connectivity index (χ2n) is 5.91. The quantitative estimate of drug-likeness (QED) is 0.899. The van der Waals surface area contributed by atoms with Gasteiger partial charge in [0, 0.05) is 29.2 Å². The molecular formula is C18H24N2S. The van der Waals surface area contributed by atoms with Crippen LogP contribution in [-0.2, 0) is 13.1 Å². The van der Waals surface area contributed by atoms with Gasteiger partial charge in [0.15, 0.2) is 0 Å². The van der Waals surface area contributed by atoms with Gasteiger partial charge >= 0.3 is 0 Å². The molecule has 1 N–H and O–H groups in total. The average Bonchev–Trinajstić information content (AvgIpc) is 2.98. The van der Waals surface area contributed by atoms with E-state index in [-0.39, 0.29) is 5.54 Å². The lowest BCUT2D eigenvalue weighted by molar-refractivity contribution is 0.307. The molecule has 1 aliphatic heterocycles. The van der Waals surface area contributed by atoms with Gasteiger partial charge in [-0.3, -0.25) is 0 Å². The first kappa shape index (κ1) is 14.6. The molecule has 0 saturated heterocycles. The second-order valence-corrected chi connectivity index (χ2v) is 6.94. The van der Waals surface area contributed by atoms with Crippen LogP contribution in [0, 0.1) is 0 Å². The number of anilines is 1. The zero-order chi connectivity index (χ0) is 14.7. The summed E-state index contributed by atoms with van der Waals surface area (Å²) in [6, 6.07) is 13.2. The van der Waals surface area contributed by atoms with Gasteiger partial charge in [-0.25, -0.2) is 0 Å². The molecule has 0 aliphatic carbocycles. The molecule has 1 aromatic carbocycles. The Morgan fingerprint density at radius 2 is 1.95 bits per heavy atom. The van der Waals surface area contributed by atoms with Crippen molar-refractivity contribution in [3.8, 4) is 0 Å². The number of thiophene rings is 1. The smallest absolute Gasteiger partial charge is 0.0523 e. The van der Waals surface area contributed by atoms with E-state index in [0.29, 0.717) is 0 Å². The summed E-state index contributed by atoms with van der Waals surface area (Å²) in [5.74, 6) is 0. The molecule has 1 aromatic heterocycles. The van der Waals surface area contributed by atoms with Crippen molar-refractivity contribution in [2.45, 2.75) is 45.3 Å². The molecular weight excluding hydrogens is 276 g/mol. The number of nitrogens with one attached hydrogen (secondary N) is 1. The first-order valence-electron chi connectivity index (χ1n) is 7.86. The summed E-state index contributed by atoms with van der Waals surface area (Å²) in [7, 11) is 0. The van der Waals surface area contributed by atoms with Crippen molar-refractivity contribution in [2.24, 2.45) is 0 Å². The second kappa shape index (κ2) is 6.20. The van der Waals surface area contributed by atoms with Gasteiger partial charge in [-0.15, -0.1) is 11.3 Å². The molecule has 0 radical (unpaired) electrons. The zero-order valence-corrected chi connectivity index (χ0v) is 13.7. The van der Waals surface area contributed by atoms with Crippen LogP contribution in [-0.4, -0.2) is 12.1 Å². The van der Waals surface area contributed by atoms with E-state index >= 15 is 0 Å². The number of fused-ring (bicyclic) bond motifs is 1. The highest BCUT2D eigenvalue weighted by atomic mass is 32.1. The summed E-state index contributed by atoms with van der Waals surface area (Å²) >= 11 is 1.85. The van der Waals surface area contributed by atoms with Crippen molar-refractivity contribution >= 4 is 17.0 Å². The molecule has 0 amide bonds. The lowest BCUT2D eigenvalue weighted by Gasteiger charge is -2.36. The van der Waals surface area contributed by atoms with Gasteiger partial charge in [0.2, 0.25) is 0 Å². The van der Waals surface area contributed by atoms with Gasteiger partial charge in [0.05, 0.1) is 6.54 Å². The van der Waals surface area contributed by atoms with Gasteiger partial charge in [0.1, 0.15) is 0 Å². The Labute approximate surface area is 131 Å². The number of hydrogen-bond donors (Lipinski definition) is 1. The zero-order valence-electron chi connectivity index (χ0n) is 12.9. The Balaban J connectivity index is 1.95. The molecule has 2 nitrogen and oxygen atoms in total. The topological polar surface area (TPSA) is 15.3 Å². The van der Waals surface area contributed by atoms with E-state index in [1.807, 2.05) is 11.3 Å². The van der Waals surface area contributed by atoms with E-state index in [2.05, 4.69) is 65.8 Å². The summed E-state index contributed by atoms with van der Waals surface area (Å²) in [5.41, 5.74) is 3.02. The van der Waals surface area contributed by atoms with Crippen LogP contribution < -0.4 is 10.2 Å². The fraction of sp³-hybridized carbons (Fsp3) is 0.444. The van der Waals surface area contributed by atoms with E-state index in [4.69, 9.17) is 0 Å². The van der Waals surface area contributed by atoms with Crippen molar-refractivity contribution in [2.75, 3.05) is 11.4 Å². The van der Waals surface area contributed by atoms with E-state index in [1.54, 1.807) is 0 Å². The van der Waals surface area contributed by atoms with Crippen LogP contribution >= 0.6 is 11.3 Å². The molecule has 0 spiro atoms. The maximum absolute atomic E-state index is 3.82. The first-order chi connectivity index (χ1) is 10.3. The van der Waals surface area contributed by atoms with Gasteiger partial charge in [0.25, 0.3) is 0 Å². The summed E-state index contributed by atoms with van der Waals surface area (Å²) in [6.07, 6.45) is 2.33. The van der Waals surface area contributed by atoms with Gasteiger partial charge < -0.3 is 10.2 Å². The van der Waals surface area contributed by atoms with Crippen LogP contribution in [0.4, 0.5) is 5.69 Å². The average molecular weight is 300 g/mol. The molecule has 0 atom stereocenters. The maximum atomic E-state index is 3.82. The fourth-order valence-electron chi connectivity index (χ4n) is 3.21. The highest BCUT2D eigenvalue weighted by molar-refractivity contribution is 7.09. The number of rotatable bonds is 4. The van der Waals surface area contributed by atoms with Crippen molar-refractivity contribution in [3.05, 3.63) is 52.2 Å². The molecule has 0 unspecified atom stereocenters. The van der Waals surface area contributed by atoms with Crippen LogP contribution in [0.3, 0.4) is 0 Å². The standard InChI is InChI=1S/C18H24N2S/c1-3-18(4-2)14-20(13-16-9-7-11-21-16)17-10-6-5-8-15(17)12-19-18/h5-11,19H,3-4,12-14H2,1-2H3. The summed E-state index contributed by atoms with van der Waals surface area (Å²) in [6.45, 7) is 7.66. The van der Waals surface area contributed by atoms with Crippen LogP contribution in [0.15, 0.2) is 41.8 Å². The monoisotopic (exact) mass is 300 g/mol. The van der Waals surface area contributed by atoms with Crippen LogP contribution in [0.1, 0.15) is 37.1 Å². The minimum absolute atomic E-state index is 0.219. The van der Waals surface area contributed by atoms with E-state index in [0.717, 1.165) is 19.6 Å². The molecule has 2 heterocycles. The fourth-order valence-corrected chi connectivity index (χ4v) is 3.93. The SMILES string of the molecule is CCC1(CC)CN(Cc2cccs2)c2ccccc2CN1. The minimum atomic E-state index is 0.219. The third-order valence-corrected chi connectivity index (χ3v) is 5.62. The van der Waals surface area contributed by atoms with Crippen molar-refractivity contribution in [1.82, 2.24) is 5.32 Å². The van der Waals surface area contributed by atoms with Crippen molar-refractivity contribution < 1.29 is 0 Å². The normalized spacial score (nSPS) is 17.3. The van der Waals surface area contributed by atoms with E-state index < -0.39 is 0 Å². The number of para-hydroxylation sites is 1. The molecule has 1 aliphatic rings. The summed E-state index contributed by atoms with van der Waals surface area (Å²) in [5, 5.41) is 5.99. The van der Waals surface area contributed by atoms with Crippen molar-refractivity contribution in [3.63, 3.8) is 0 Å². The third kappa shape index (κ3) is 2.99. The molecule has 0 bridgehead atoms. The lowest BCUT2D eigenvalue weighted by atomic mass is 9.92. The number of hydrogen-bond acceptors (Lipinski definition) is 3. The van der Waals surface area contributed by atoms with E-state index in [1.165, 1.54) is 29.0 Å². The molecule has 3 heteroatoms. The molecule has 3 rings (SSSR count). The third-order valence-electron chi connectivity index (χ3n) is 4.76. The lowest BCUT2D eigenvalue weighted by Crippen LogP contribution is -2.50. The number of nitrogens with zero attached hydrogens (tertiary/aromatic N) is 1.